The summed E-state index contributed by atoms with van der Waals surface area (Å²) in [7, 11) is 0. The van der Waals surface area contributed by atoms with Gasteiger partial charge < -0.3 is 5.73 Å². The fourth-order valence-electron chi connectivity index (χ4n) is 1.83. The van der Waals surface area contributed by atoms with Crippen molar-refractivity contribution in [1.82, 2.24) is 9.13 Å². The number of rotatable bonds is 3. The van der Waals surface area contributed by atoms with E-state index < -0.39 is 17.0 Å². The molecule has 0 aliphatic carbocycles. The quantitative estimate of drug-likeness (QED) is 0.833. The first-order valence-corrected chi connectivity index (χ1v) is 6.15. The maximum absolute atomic E-state index is 12.1. The minimum Gasteiger partial charge on any atom is -0.368 e. The predicted molar refractivity (Wildman–Crippen MR) is 75.2 cm³/mol. The number of aryl methyl sites for hydroxylation is 1. The van der Waals surface area contributed by atoms with Crippen molar-refractivity contribution < 1.29 is 4.79 Å². The van der Waals surface area contributed by atoms with E-state index in [1.54, 1.807) is 25.1 Å². The van der Waals surface area contributed by atoms with Crippen LogP contribution in [0.1, 0.15) is 5.56 Å². The van der Waals surface area contributed by atoms with Gasteiger partial charge in [0.15, 0.2) is 0 Å². The van der Waals surface area contributed by atoms with Gasteiger partial charge in [-0.2, -0.15) is 0 Å². The van der Waals surface area contributed by atoms with Crippen LogP contribution in [0.4, 0.5) is 0 Å². The number of nitrogens with zero attached hydrogens (tertiary/aromatic N) is 2. The Hall–Kier alpha value is -2.34. The van der Waals surface area contributed by atoms with Crippen LogP contribution in [-0.2, 0) is 11.3 Å². The highest BCUT2D eigenvalue weighted by Crippen LogP contribution is 2.17. The first kappa shape index (κ1) is 14.1. The number of aromatic nitrogens is 2. The second kappa shape index (κ2) is 5.34. The third-order valence-electron chi connectivity index (χ3n) is 2.82. The van der Waals surface area contributed by atoms with Crippen LogP contribution in [-0.4, -0.2) is 15.0 Å². The number of hydrogen-bond donors (Lipinski definition) is 1. The molecule has 0 spiro atoms. The van der Waals surface area contributed by atoms with Crippen LogP contribution in [0.3, 0.4) is 0 Å². The highest BCUT2D eigenvalue weighted by atomic mass is 35.5. The number of hydrogen-bond acceptors (Lipinski definition) is 3. The van der Waals surface area contributed by atoms with E-state index in [0.29, 0.717) is 10.7 Å². The third-order valence-corrected chi connectivity index (χ3v) is 3.05. The second-order valence-electron chi connectivity index (χ2n) is 4.30. The van der Waals surface area contributed by atoms with Crippen molar-refractivity contribution in [3.8, 4) is 5.69 Å². The van der Waals surface area contributed by atoms with Crippen molar-refractivity contribution in [2.24, 2.45) is 5.73 Å². The standard InChI is InChI=1S/C13H12ClN3O3/c1-8-2-3-9(14)6-10(8)17-5-4-16(7-11(15)18)12(19)13(17)20/h2-6H,7H2,1H3,(H2,15,18). The van der Waals surface area contributed by atoms with Gasteiger partial charge in [0.2, 0.25) is 5.91 Å². The van der Waals surface area contributed by atoms with E-state index in [0.717, 1.165) is 10.1 Å². The highest BCUT2D eigenvalue weighted by molar-refractivity contribution is 6.30. The van der Waals surface area contributed by atoms with Crippen molar-refractivity contribution in [3.63, 3.8) is 0 Å². The van der Waals surface area contributed by atoms with E-state index in [1.807, 2.05) is 0 Å². The van der Waals surface area contributed by atoms with Gasteiger partial charge in [0.25, 0.3) is 0 Å². The summed E-state index contributed by atoms with van der Waals surface area (Å²) in [5, 5.41) is 0.457. The lowest BCUT2D eigenvalue weighted by Crippen LogP contribution is -2.41. The Balaban J connectivity index is 2.63. The number of nitrogens with two attached hydrogens (primary N) is 1. The molecule has 0 radical (unpaired) electrons. The Morgan fingerprint density at radius 3 is 2.60 bits per heavy atom. The van der Waals surface area contributed by atoms with Crippen LogP contribution in [0.2, 0.25) is 5.02 Å². The van der Waals surface area contributed by atoms with Gasteiger partial charge >= 0.3 is 11.1 Å². The van der Waals surface area contributed by atoms with E-state index in [9.17, 15) is 14.4 Å². The third kappa shape index (κ3) is 2.65. The number of carbonyl (C=O) groups excluding carboxylic acids is 1. The van der Waals surface area contributed by atoms with Gasteiger partial charge in [0.05, 0.1) is 5.69 Å². The molecule has 1 aromatic carbocycles. The van der Waals surface area contributed by atoms with Crippen molar-refractivity contribution in [2.75, 3.05) is 0 Å². The van der Waals surface area contributed by atoms with E-state index in [1.165, 1.54) is 17.0 Å². The van der Waals surface area contributed by atoms with E-state index in [4.69, 9.17) is 17.3 Å². The zero-order chi connectivity index (χ0) is 14.9. The molecule has 6 nitrogen and oxygen atoms in total. The molecule has 0 unspecified atom stereocenters. The number of halogens is 1. The molecule has 0 saturated carbocycles. The van der Waals surface area contributed by atoms with E-state index >= 15 is 0 Å². The molecule has 104 valence electrons. The van der Waals surface area contributed by atoms with Crippen molar-refractivity contribution in [3.05, 3.63) is 61.9 Å². The van der Waals surface area contributed by atoms with Crippen LogP contribution in [0.5, 0.6) is 0 Å². The number of benzene rings is 1. The molecule has 2 N–H and O–H groups in total. The number of amides is 1. The normalized spacial score (nSPS) is 10.5. The highest BCUT2D eigenvalue weighted by Gasteiger charge is 2.10. The molecule has 1 aromatic heterocycles. The fourth-order valence-corrected chi connectivity index (χ4v) is 2.00. The maximum Gasteiger partial charge on any atom is 0.320 e. The molecular weight excluding hydrogens is 282 g/mol. The van der Waals surface area contributed by atoms with Crippen molar-refractivity contribution in [2.45, 2.75) is 13.5 Å². The fraction of sp³-hybridized carbons (Fsp3) is 0.154. The van der Waals surface area contributed by atoms with Crippen LogP contribution in [0, 0.1) is 6.92 Å². The molecule has 2 rings (SSSR count). The Morgan fingerprint density at radius 1 is 1.25 bits per heavy atom. The summed E-state index contributed by atoms with van der Waals surface area (Å²) in [5.41, 5.74) is 4.75. The van der Waals surface area contributed by atoms with Crippen LogP contribution < -0.4 is 16.9 Å². The minimum atomic E-state index is -0.814. The zero-order valence-electron chi connectivity index (χ0n) is 10.7. The van der Waals surface area contributed by atoms with Crippen LogP contribution >= 0.6 is 11.6 Å². The molecule has 20 heavy (non-hydrogen) atoms. The summed E-state index contributed by atoms with van der Waals surface area (Å²) in [6.07, 6.45) is 2.75. The molecular formula is C13H12ClN3O3. The van der Waals surface area contributed by atoms with Crippen LogP contribution in [0.25, 0.3) is 5.69 Å². The smallest absolute Gasteiger partial charge is 0.320 e. The van der Waals surface area contributed by atoms with E-state index in [-0.39, 0.29) is 6.54 Å². The molecule has 0 bridgehead atoms. The summed E-state index contributed by atoms with van der Waals surface area (Å²) in [5.74, 6) is -0.691. The molecule has 0 saturated heterocycles. The SMILES string of the molecule is Cc1ccc(Cl)cc1-n1ccn(CC(N)=O)c(=O)c1=O. The van der Waals surface area contributed by atoms with Crippen molar-refractivity contribution in [1.29, 1.82) is 0 Å². The molecule has 0 aliphatic rings. The minimum absolute atomic E-state index is 0.330. The lowest BCUT2D eigenvalue weighted by atomic mass is 10.2. The maximum atomic E-state index is 12.1. The Labute approximate surface area is 119 Å². The largest absolute Gasteiger partial charge is 0.368 e. The first-order valence-electron chi connectivity index (χ1n) is 5.77. The lowest BCUT2D eigenvalue weighted by molar-refractivity contribution is -0.118. The second-order valence-corrected chi connectivity index (χ2v) is 4.74. The Kier molecular flexibility index (Phi) is 3.76. The van der Waals surface area contributed by atoms with Gasteiger partial charge in [-0.25, -0.2) is 0 Å². The van der Waals surface area contributed by atoms with Gasteiger partial charge in [-0.1, -0.05) is 17.7 Å². The van der Waals surface area contributed by atoms with Gasteiger partial charge in [-0.3, -0.25) is 23.5 Å². The summed E-state index contributed by atoms with van der Waals surface area (Å²) < 4.78 is 2.17. The molecule has 1 amide bonds. The topological polar surface area (TPSA) is 87.1 Å². The van der Waals surface area contributed by atoms with E-state index in [2.05, 4.69) is 0 Å². The van der Waals surface area contributed by atoms with Crippen LogP contribution in [0.15, 0.2) is 40.2 Å². The zero-order valence-corrected chi connectivity index (χ0v) is 11.4. The molecule has 7 heteroatoms. The molecule has 0 fully saturated rings. The molecule has 1 heterocycles. The predicted octanol–water partition coefficient (Wildman–Crippen LogP) is 0.446. The molecule has 2 aromatic rings. The monoisotopic (exact) mass is 293 g/mol. The summed E-state index contributed by atoms with van der Waals surface area (Å²) in [4.78, 5) is 34.8. The lowest BCUT2D eigenvalue weighted by Gasteiger charge is -2.10. The summed E-state index contributed by atoms with van der Waals surface area (Å²) >= 11 is 5.90. The van der Waals surface area contributed by atoms with Crippen molar-refractivity contribution >= 4 is 17.5 Å². The summed E-state index contributed by atoms with van der Waals surface area (Å²) in [6.45, 7) is 1.47. The summed E-state index contributed by atoms with van der Waals surface area (Å²) in [6, 6.07) is 5.04. The number of carbonyl (C=O) groups is 1. The first-order chi connectivity index (χ1) is 9.40. The average molecular weight is 294 g/mol. The average Bonchev–Trinajstić information content (AvgIpc) is 2.38. The molecule has 0 atom stereocenters. The molecule has 0 aliphatic heterocycles. The van der Waals surface area contributed by atoms with Gasteiger partial charge in [0, 0.05) is 17.4 Å². The number of primary amides is 1. The van der Waals surface area contributed by atoms with Gasteiger partial charge in [0.1, 0.15) is 6.54 Å². The Bertz CT molecular complexity index is 792. The Morgan fingerprint density at radius 2 is 1.95 bits per heavy atom. The van der Waals surface area contributed by atoms with Gasteiger partial charge in [-0.05, 0) is 24.6 Å². The van der Waals surface area contributed by atoms with Gasteiger partial charge in [-0.15, -0.1) is 0 Å².